The van der Waals surface area contributed by atoms with Crippen LogP contribution in [0.3, 0.4) is 0 Å². The molecule has 1 aromatic carbocycles. The molecule has 0 aliphatic rings. The topological polar surface area (TPSA) is 64.4 Å². The van der Waals surface area contributed by atoms with E-state index in [2.05, 4.69) is 12.2 Å². The van der Waals surface area contributed by atoms with Gasteiger partial charge in [0.2, 0.25) is 0 Å². The van der Waals surface area contributed by atoms with Crippen LogP contribution in [-0.4, -0.2) is 18.6 Å². The molecule has 1 rings (SSSR count). The normalized spacial score (nSPS) is 9.88. The van der Waals surface area contributed by atoms with Crippen LogP contribution in [0.1, 0.15) is 19.8 Å². The van der Waals surface area contributed by atoms with Crippen molar-refractivity contribution in [3.8, 4) is 5.75 Å². The fraction of sp³-hybridized carbons (Fsp3) is 0.455. The van der Waals surface area contributed by atoms with Crippen molar-refractivity contribution in [1.29, 1.82) is 0 Å². The Labute approximate surface area is 94.6 Å². The number of hydrogen-bond donors (Lipinski definition) is 1. The van der Waals surface area contributed by atoms with Crippen LogP contribution >= 0.6 is 0 Å². The summed E-state index contributed by atoms with van der Waals surface area (Å²) in [6.45, 7) is 2.80. The Morgan fingerprint density at radius 1 is 1.50 bits per heavy atom. The lowest BCUT2D eigenvalue weighted by Gasteiger charge is -2.08. The first-order valence-electron chi connectivity index (χ1n) is 5.25. The van der Waals surface area contributed by atoms with Crippen LogP contribution < -0.4 is 10.1 Å². The number of anilines is 1. The highest BCUT2D eigenvalue weighted by Crippen LogP contribution is 2.28. The van der Waals surface area contributed by atoms with E-state index in [1.807, 2.05) is 0 Å². The number of nitrogens with one attached hydrogen (secondary N) is 1. The number of hydrogen-bond acceptors (Lipinski definition) is 4. The predicted octanol–water partition coefficient (Wildman–Crippen LogP) is 2.82. The van der Waals surface area contributed by atoms with Crippen LogP contribution in [0.4, 0.5) is 11.4 Å². The molecule has 88 valence electrons. The first kappa shape index (κ1) is 12.3. The lowest BCUT2D eigenvalue weighted by molar-refractivity contribution is -0.384. The zero-order valence-corrected chi connectivity index (χ0v) is 9.53. The van der Waals surface area contributed by atoms with E-state index in [4.69, 9.17) is 4.74 Å². The quantitative estimate of drug-likeness (QED) is 0.458. The van der Waals surface area contributed by atoms with Crippen LogP contribution in [0.2, 0.25) is 0 Å². The fourth-order valence-corrected chi connectivity index (χ4v) is 1.34. The summed E-state index contributed by atoms with van der Waals surface area (Å²) in [6, 6.07) is 4.68. The highest BCUT2D eigenvalue weighted by Gasteiger charge is 2.13. The summed E-state index contributed by atoms with van der Waals surface area (Å²) in [5, 5.41) is 13.8. The van der Waals surface area contributed by atoms with E-state index in [1.165, 1.54) is 13.2 Å². The summed E-state index contributed by atoms with van der Waals surface area (Å²) >= 11 is 0. The number of rotatable bonds is 6. The van der Waals surface area contributed by atoms with Gasteiger partial charge < -0.3 is 10.1 Å². The molecule has 0 saturated heterocycles. The molecule has 16 heavy (non-hydrogen) atoms. The van der Waals surface area contributed by atoms with E-state index < -0.39 is 4.92 Å². The number of methoxy groups -OCH3 is 1. The third-order valence-electron chi connectivity index (χ3n) is 2.25. The van der Waals surface area contributed by atoms with Crippen molar-refractivity contribution in [3.63, 3.8) is 0 Å². The number of nitro groups is 1. The molecule has 0 fully saturated rings. The number of benzene rings is 1. The van der Waals surface area contributed by atoms with Crippen LogP contribution in [-0.2, 0) is 0 Å². The Bertz CT molecular complexity index is 366. The number of ether oxygens (including phenoxy) is 1. The first-order chi connectivity index (χ1) is 7.69. The Kier molecular flexibility index (Phi) is 4.57. The van der Waals surface area contributed by atoms with E-state index in [-0.39, 0.29) is 5.69 Å². The fourth-order valence-electron chi connectivity index (χ4n) is 1.34. The first-order valence-corrected chi connectivity index (χ1v) is 5.25. The van der Waals surface area contributed by atoms with Crippen LogP contribution in [0.25, 0.3) is 0 Å². The molecule has 0 spiro atoms. The minimum atomic E-state index is -0.395. The van der Waals surface area contributed by atoms with Gasteiger partial charge in [-0.05, 0) is 12.5 Å². The van der Waals surface area contributed by atoms with Gasteiger partial charge in [-0.3, -0.25) is 10.1 Å². The van der Waals surface area contributed by atoms with Gasteiger partial charge in [0.25, 0.3) is 5.69 Å². The Morgan fingerprint density at radius 2 is 2.25 bits per heavy atom. The van der Waals surface area contributed by atoms with E-state index >= 15 is 0 Å². The molecule has 0 radical (unpaired) electrons. The number of unbranched alkanes of at least 4 members (excludes halogenated alkanes) is 1. The molecule has 0 unspecified atom stereocenters. The van der Waals surface area contributed by atoms with Crippen molar-refractivity contribution in [2.24, 2.45) is 0 Å². The highest BCUT2D eigenvalue weighted by atomic mass is 16.6. The summed E-state index contributed by atoms with van der Waals surface area (Å²) < 4.78 is 5.03. The van der Waals surface area contributed by atoms with Crippen molar-refractivity contribution in [3.05, 3.63) is 28.3 Å². The monoisotopic (exact) mass is 224 g/mol. The van der Waals surface area contributed by atoms with E-state index in [0.29, 0.717) is 11.4 Å². The highest BCUT2D eigenvalue weighted by molar-refractivity contribution is 5.64. The van der Waals surface area contributed by atoms with Gasteiger partial charge in [-0.2, -0.15) is 0 Å². The summed E-state index contributed by atoms with van der Waals surface area (Å²) in [4.78, 5) is 10.4. The molecule has 5 nitrogen and oxygen atoms in total. The summed E-state index contributed by atoms with van der Waals surface area (Å²) in [5.41, 5.74) is 0.592. The smallest absolute Gasteiger partial charge is 0.292 e. The molecule has 0 aliphatic carbocycles. The second-order valence-corrected chi connectivity index (χ2v) is 3.42. The minimum absolute atomic E-state index is 0.0805. The van der Waals surface area contributed by atoms with Crippen molar-refractivity contribution in [2.45, 2.75) is 19.8 Å². The van der Waals surface area contributed by atoms with E-state index in [9.17, 15) is 10.1 Å². The van der Waals surface area contributed by atoms with Gasteiger partial charge in [-0.25, -0.2) is 0 Å². The van der Waals surface area contributed by atoms with Gasteiger partial charge in [0.15, 0.2) is 0 Å². The average molecular weight is 224 g/mol. The molecule has 5 heteroatoms. The molecular formula is C11H16N2O3. The van der Waals surface area contributed by atoms with Crippen molar-refractivity contribution >= 4 is 11.4 Å². The second-order valence-electron chi connectivity index (χ2n) is 3.42. The maximum Gasteiger partial charge on any atom is 0.292 e. The van der Waals surface area contributed by atoms with Gasteiger partial charge >= 0.3 is 0 Å². The molecular weight excluding hydrogens is 208 g/mol. The zero-order valence-electron chi connectivity index (χ0n) is 9.53. The van der Waals surface area contributed by atoms with Crippen LogP contribution in [0.15, 0.2) is 18.2 Å². The maximum absolute atomic E-state index is 10.8. The second kappa shape index (κ2) is 5.95. The van der Waals surface area contributed by atoms with Crippen LogP contribution in [0, 0.1) is 10.1 Å². The Morgan fingerprint density at radius 3 is 2.81 bits per heavy atom. The lowest BCUT2D eigenvalue weighted by atomic mass is 10.2. The van der Waals surface area contributed by atoms with Crippen molar-refractivity contribution in [2.75, 3.05) is 19.0 Å². The van der Waals surface area contributed by atoms with Gasteiger partial charge in [0, 0.05) is 18.7 Å². The van der Waals surface area contributed by atoms with Gasteiger partial charge in [0.1, 0.15) is 11.4 Å². The van der Waals surface area contributed by atoms with Gasteiger partial charge in [-0.15, -0.1) is 0 Å². The molecule has 0 heterocycles. The number of nitrogens with zero attached hydrogens (tertiary/aromatic N) is 1. The molecule has 0 aromatic heterocycles. The third-order valence-corrected chi connectivity index (χ3v) is 2.25. The molecule has 0 saturated carbocycles. The van der Waals surface area contributed by atoms with Gasteiger partial charge in [0.05, 0.1) is 12.0 Å². The largest absolute Gasteiger partial charge is 0.497 e. The minimum Gasteiger partial charge on any atom is -0.497 e. The summed E-state index contributed by atoms with van der Waals surface area (Å²) in [6.07, 6.45) is 2.03. The van der Waals surface area contributed by atoms with Crippen LogP contribution in [0.5, 0.6) is 5.75 Å². The predicted molar refractivity (Wildman–Crippen MR) is 63.0 cm³/mol. The van der Waals surface area contributed by atoms with E-state index in [1.54, 1.807) is 12.1 Å². The van der Waals surface area contributed by atoms with E-state index in [0.717, 1.165) is 19.4 Å². The standard InChI is InChI=1S/C11H16N2O3/c1-3-4-7-12-10-8-9(16-2)5-6-11(10)13(14)15/h5-6,8,12H,3-4,7H2,1-2H3. The Hall–Kier alpha value is -1.78. The molecule has 0 aliphatic heterocycles. The van der Waals surface area contributed by atoms with Crippen molar-refractivity contribution < 1.29 is 9.66 Å². The molecule has 0 atom stereocenters. The van der Waals surface area contributed by atoms with Crippen molar-refractivity contribution in [1.82, 2.24) is 0 Å². The summed E-state index contributed by atoms with van der Waals surface area (Å²) in [7, 11) is 1.54. The third kappa shape index (κ3) is 3.12. The molecule has 1 N–H and O–H groups in total. The zero-order chi connectivity index (χ0) is 12.0. The SMILES string of the molecule is CCCCNc1cc(OC)ccc1[N+](=O)[O-]. The van der Waals surface area contributed by atoms with Gasteiger partial charge in [-0.1, -0.05) is 13.3 Å². The molecule has 1 aromatic rings. The molecule has 0 amide bonds. The Balaban J connectivity index is 2.87. The average Bonchev–Trinajstić information content (AvgIpc) is 2.29. The number of nitro benzene ring substituents is 1. The lowest BCUT2D eigenvalue weighted by Crippen LogP contribution is -2.04. The maximum atomic E-state index is 10.8. The summed E-state index contributed by atoms with van der Waals surface area (Å²) in [5.74, 6) is 0.615. The molecule has 0 bridgehead atoms.